The summed E-state index contributed by atoms with van der Waals surface area (Å²) in [7, 11) is 5.35. The van der Waals surface area contributed by atoms with E-state index < -0.39 is 0 Å². The first-order valence-corrected chi connectivity index (χ1v) is 11.5. The molecule has 0 atom stereocenters. The van der Waals surface area contributed by atoms with Crippen molar-refractivity contribution in [2.24, 2.45) is 0 Å². The highest BCUT2D eigenvalue weighted by Crippen LogP contribution is 2.33. The summed E-state index contributed by atoms with van der Waals surface area (Å²) in [5.74, 6) is 1.28. The lowest BCUT2D eigenvalue weighted by Crippen LogP contribution is -2.45. The Labute approximate surface area is 200 Å². The molecule has 2 heterocycles. The van der Waals surface area contributed by atoms with E-state index in [0.29, 0.717) is 31.0 Å². The minimum atomic E-state index is -0.0968. The van der Waals surface area contributed by atoms with Crippen LogP contribution < -0.4 is 9.64 Å². The second-order valence-corrected chi connectivity index (χ2v) is 8.42. The second kappa shape index (κ2) is 11.2. The lowest BCUT2D eigenvalue weighted by atomic mass is 10.1. The van der Waals surface area contributed by atoms with Gasteiger partial charge in [-0.25, -0.2) is 0 Å². The van der Waals surface area contributed by atoms with Crippen LogP contribution in [0.15, 0.2) is 59.1 Å². The lowest BCUT2D eigenvalue weighted by molar-refractivity contribution is 0.0680. The molecule has 1 aliphatic heterocycles. The van der Waals surface area contributed by atoms with Crippen molar-refractivity contribution in [2.45, 2.75) is 6.54 Å². The Balaban J connectivity index is 1.70. The number of piperazine rings is 1. The van der Waals surface area contributed by atoms with Crippen LogP contribution in [0.2, 0.25) is 0 Å². The maximum Gasteiger partial charge on any atom is 0.254 e. The predicted octanol–water partition coefficient (Wildman–Crippen LogP) is 3.39. The van der Waals surface area contributed by atoms with Crippen LogP contribution in [0.4, 0.5) is 5.88 Å². The van der Waals surface area contributed by atoms with Gasteiger partial charge in [-0.1, -0.05) is 41.6 Å². The van der Waals surface area contributed by atoms with E-state index in [4.69, 9.17) is 14.0 Å². The number of methoxy groups -OCH3 is 2. The van der Waals surface area contributed by atoms with Crippen LogP contribution in [0, 0.1) is 0 Å². The Hall–Kier alpha value is -3.36. The van der Waals surface area contributed by atoms with E-state index >= 15 is 0 Å². The molecule has 0 bridgehead atoms. The van der Waals surface area contributed by atoms with Gasteiger partial charge < -0.3 is 28.7 Å². The van der Waals surface area contributed by atoms with Gasteiger partial charge in [0.2, 0.25) is 5.88 Å². The molecule has 3 aromatic rings. The lowest BCUT2D eigenvalue weighted by Gasteiger charge is -2.33. The van der Waals surface area contributed by atoms with Gasteiger partial charge in [0.25, 0.3) is 5.91 Å². The minimum absolute atomic E-state index is 0.0968. The second-order valence-electron chi connectivity index (χ2n) is 8.42. The topological polar surface area (TPSA) is 71.3 Å². The van der Waals surface area contributed by atoms with E-state index in [0.717, 1.165) is 48.9 Å². The van der Waals surface area contributed by atoms with Crippen LogP contribution in [-0.4, -0.2) is 81.5 Å². The van der Waals surface area contributed by atoms with Crippen LogP contribution in [-0.2, 0) is 11.3 Å². The van der Waals surface area contributed by atoms with Crippen molar-refractivity contribution in [3.8, 4) is 17.0 Å². The van der Waals surface area contributed by atoms with Crippen molar-refractivity contribution >= 4 is 11.8 Å². The molecule has 4 rings (SSSR count). The summed E-state index contributed by atoms with van der Waals surface area (Å²) in [6.07, 6.45) is 0. The summed E-state index contributed by atoms with van der Waals surface area (Å²) in [4.78, 5) is 19.9. The number of anilines is 1. The number of benzene rings is 2. The third kappa shape index (κ3) is 5.40. The predicted molar refractivity (Wildman–Crippen MR) is 131 cm³/mol. The smallest absolute Gasteiger partial charge is 0.254 e. The number of rotatable bonds is 9. The zero-order chi connectivity index (χ0) is 23.9. The van der Waals surface area contributed by atoms with Gasteiger partial charge in [-0.05, 0) is 25.2 Å². The zero-order valence-corrected chi connectivity index (χ0v) is 20.1. The highest BCUT2D eigenvalue weighted by atomic mass is 16.5. The van der Waals surface area contributed by atoms with Crippen molar-refractivity contribution in [2.75, 3.05) is 65.5 Å². The molecule has 0 unspecified atom stereocenters. The van der Waals surface area contributed by atoms with Crippen LogP contribution >= 0.6 is 0 Å². The molecule has 0 aliphatic carbocycles. The number of carbonyl (C=O) groups is 1. The zero-order valence-electron chi connectivity index (χ0n) is 20.1. The van der Waals surface area contributed by atoms with E-state index in [2.05, 4.69) is 22.0 Å². The highest BCUT2D eigenvalue weighted by molar-refractivity contribution is 5.94. The van der Waals surface area contributed by atoms with Crippen molar-refractivity contribution in [3.63, 3.8) is 0 Å². The number of hydrogen-bond acceptors (Lipinski definition) is 7. The third-order valence-corrected chi connectivity index (χ3v) is 6.12. The van der Waals surface area contributed by atoms with E-state index in [9.17, 15) is 4.79 Å². The summed E-state index contributed by atoms with van der Waals surface area (Å²) in [5, 5.41) is 4.45. The number of carbonyl (C=O) groups excluding carboxylic acids is 1. The summed E-state index contributed by atoms with van der Waals surface area (Å²) in [5.41, 5.74) is 3.19. The summed E-state index contributed by atoms with van der Waals surface area (Å²) >= 11 is 0. The Morgan fingerprint density at radius 1 is 1.06 bits per heavy atom. The largest absolute Gasteiger partial charge is 0.497 e. The fraction of sp³-hybridized carbons (Fsp3) is 0.385. The molecule has 1 amide bonds. The van der Waals surface area contributed by atoms with Gasteiger partial charge >= 0.3 is 0 Å². The number of likely N-dealkylation sites (N-methyl/N-ethyl adjacent to an activating group) is 1. The first kappa shape index (κ1) is 23.8. The fourth-order valence-electron chi connectivity index (χ4n) is 4.11. The van der Waals surface area contributed by atoms with E-state index in [1.807, 2.05) is 42.5 Å². The molecule has 1 saturated heterocycles. The van der Waals surface area contributed by atoms with Gasteiger partial charge in [0.05, 0.1) is 25.8 Å². The molecule has 1 aromatic heterocycles. The molecule has 0 spiro atoms. The van der Waals surface area contributed by atoms with Gasteiger partial charge in [0.15, 0.2) is 0 Å². The van der Waals surface area contributed by atoms with Crippen molar-refractivity contribution < 1.29 is 18.8 Å². The normalized spacial score (nSPS) is 14.3. The molecular formula is C26H32N4O4. The maximum absolute atomic E-state index is 13.6. The average Bonchev–Trinajstić information content (AvgIpc) is 3.30. The average molecular weight is 465 g/mol. The summed E-state index contributed by atoms with van der Waals surface area (Å²) < 4.78 is 16.6. The van der Waals surface area contributed by atoms with Gasteiger partial charge in [-0.15, -0.1) is 0 Å². The van der Waals surface area contributed by atoms with Crippen molar-refractivity contribution in [3.05, 3.63) is 65.7 Å². The molecule has 0 N–H and O–H groups in total. The molecule has 8 nitrogen and oxygen atoms in total. The quantitative estimate of drug-likeness (QED) is 0.481. The van der Waals surface area contributed by atoms with Crippen molar-refractivity contribution in [1.29, 1.82) is 0 Å². The first-order chi connectivity index (χ1) is 16.6. The molecule has 34 heavy (non-hydrogen) atoms. The number of aromatic nitrogens is 1. The first-order valence-electron chi connectivity index (χ1n) is 11.5. The Morgan fingerprint density at radius 3 is 2.53 bits per heavy atom. The Morgan fingerprint density at radius 2 is 1.82 bits per heavy atom. The standard InChI is InChI=1S/C26H32N4O4/c1-28-12-14-29(15-13-28)26-23(24(27-34-26)20-8-5-4-6-9-20)19-30(16-17-32-2)25(31)21-10-7-11-22(18-21)33-3/h4-11,18H,12-17,19H2,1-3H3. The molecule has 8 heteroatoms. The summed E-state index contributed by atoms with van der Waals surface area (Å²) in [6.45, 7) is 4.78. The molecular weight excluding hydrogens is 432 g/mol. The monoisotopic (exact) mass is 464 g/mol. The number of hydrogen-bond donors (Lipinski definition) is 0. The van der Waals surface area contributed by atoms with Gasteiger partial charge in [-0.2, -0.15) is 0 Å². The number of ether oxygens (including phenoxy) is 2. The van der Waals surface area contributed by atoms with Gasteiger partial charge in [0.1, 0.15) is 11.4 Å². The van der Waals surface area contributed by atoms with E-state index in [1.54, 1.807) is 31.3 Å². The Bertz CT molecular complexity index is 1080. The van der Waals surface area contributed by atoms with Crippen LogP contribution in [0.25, 0.3) is 11.3 Å². The van der Waals surface area contributed by atoms with Crippen LogP contribution in [0.3, 0.4) is 0 Å². The molecule has 1 fully saturated rings. The molecule has 1 aliphatic rings. The van der Waals surface area contributed by atoms with Gasteiger partial charge in [-0.3, -0.25) is 4.79 Å². The molecule has 2 aromatic carbocycles. The van der Waals surface area contributed by atoms with Crippen LogP contribution in [0.5, 0.6) is 5.75 Å². The number of nitrogens with zero attached hydrogens (tertiary/aromatic N) is 4. The molecule has 0 saturated carbocycles. The summed E-state index contributed by atoms with van der Waals surface area (Å²) in [6, 6.07) is 17.2. The maximum atomic E-state index is 13.6. The molecule has 0 radical (unpaired) electrons. The van der Waals surface area contributed by atoms with E-state index in [1.165, 1.54) is 0 Å². The highest BCUT2D eigenvalue weighted by Gasteiger charge is 2.28. The fourth-order valence-corrected chi connectivity index (χ4v) is 4.11. The van der Waals surface area contributed by atoms with Gasteiger partial charge in [0, 0.05) is 51.0 Å². The molecule has 180 valence electrons. The minimum Gasteiger partial charge on any atom is -0.497 e. The van der Waals surface area contributed by atoms with Crippen LogP contribution in [0.1, 0.15) is 15.9 Å². The number of amides is 1. The SMILES string of the molecule is COCCN(Cc1c(-c2ccccc2)noc1N1CCN(C)CC1)C(=O)c1cccc(OC)c1. The van der Waals surface area contributed by atoms with Crippen molar-refractivity contribution in [1.82, 2.24) is 15.0 Å². The van der Waals surface area contributed by atoms with E-state index in [-0.39, 0.29) is 5.91 Å². The third-order valence-electron chi connectivity index (χ3n) is 6.12. The Kier molecular flexibility index (Phi) is 7.82.